The van der Waals surface area contributed by atoms with Crippen molar-refractivity contribution in [1.82, 2.24) is 4.98 Å². The summed E-state index contributed by atoms with van der Waals surface area (Å²) < 4.78 is 13.3. The molecule has 1 heterocycles. The largest absolute Gasteiger partial charge is 0.508 e. The lowest BCUT2D eigenvalue weighted by atomic mass is 9.83. The Morgan fingerprint density at radius 1 is 0.921 bits per heavy atom. The van der Waals surface area contributed by atoms with Crippen LogP contribution in [0.5, 0.6) is 5.75 Å². The normalized spacial score (nSPS) is 20.0. The Morgan fingerprint density at radius 2 is 1.58 bits per heavy atom. The average Bonchev–Trinajstić information content (AvgIpc) is 3.28. The molecular weight excluding hydrogens is 497 g/mol. The van der Waals surface area contributed by atoms with Gasteiger partial charge < -0.3 is 10.2 Å². The smallest absolute Gasteiger partial charge is 0.147 e. The Labute approximate surface area is 226 Å². The van der Waals surface area contributed by atoms with Crippen LogP contribution in [-0.2, 0) is 11.2 Å². The Bertz CT molecular complexity index is 1370. The molecular formula is C32H30FNO3S. The fourth-order valence-corrected chi connectivity index (χ4v) is 6.62. The number of hydrogen-bond donors (Lipinski definition) is 2. The number of pyridine rings is 1. The number of aliphatic hydroxyl groups excluding tert-OH is 1. The molecule has 1 fully saturated rings. The van der Waals surface area contributed by atoms with Crippen molar-refractivity contribution in [3.05, 3.63) is 119 Å². The summed E-state index contributed by atoms with van der Waals surface area (Å²) in [6.45, 7) is 2.08. The first-order chi connectivity index (χ1) is 18.4. The minimum atomic E-state index is -0.806. The molecule has 1 unspecified atom stereocenters. The highest BCUT2D eigenvalue weighted by Crippen LogP contribution is 2.50. The standard InChI is InChI=1S/C32H30FNO3S/c1-2-26-14-9-24(18-34-26)20-3-5-21(6-4-20)28-17-29(36)32(31(28)23-10-15-27(35)16-11-23)38-19-30(37)22-7-12-25(33)13-8-22/h3-16,18,28,30-32,35,37H,2,17,19H2,1H3/t28?,30-,31-,32-/m0/s1. The van der Waals surface area contributed by atoms with Gasteiger partial charge in [-0.1, -0.05) is 61.5 Å². The van der Waals surface area contributed by atoms with E-state index in [1.165, 1.54) is 23.9 Å². The van der Waals surface area contributed by atoms with Crippen LogP contribution in [0.25, 0.3) is 11.1 Å². The van der Waals surface area contributed by atoms with Crippen molar-refractivity contribution in [2.75, 3.05) is 5.75 Å². The van der Waals surface area contributed by atoms with Crippen LogP contribution >= 0.6 is 11.8 Å². The van der Waals surface area contributed by atoms with E-state index in [1.807, 2.05) is 24.4 Å². The van der Waals surface area contributed by atoms with Gasteiger partial charge in [0, 0.05) is 35.5 Å². The lowest BCUT2D eigenvalue weighted by Crippen LogP contribution is -2.20. The second kappa shape index (κ2) is 11.5. The van der Waals surface area contributed by atoms with Crippen LogP contribution in [0.15, 0.2) is 91.1 Å². The van der Waals surface area contributed by atoms with Crippen molar-refractivity contribution in [1.29, 1.82) is 0 Å². The molecule has 4 nitrogen and oxygen atoms in total. The molecule has 1 aliphatic carbocycles. The van der Waals surface area contributed by atoms with Crippen molar-refractivity contribution in [2.45, 2.75) is 43.0 Å². The number of phenols is 1. The number of aromatic hydroxyl groups is 1. The molecule has 38 heavy (non-hydrogen) atoms. The number of thioether (sulfide) groups is 1. The molecule has 4 atom stereocenters. The molecule has 2 N–H and O–H groups in total. The van der Waals surface area contributed by atoms with E-state index in [1.54, 1.807) is 24.3 Å². The van der Waals surface area contributed by atoms with Crippen LogP contribution < -0.4 is 0 Å². The zero-order valence-electron chi connectivity index (χ0n) is 21.1. The number of hydrogen-bond acceptors (Lipinski definition) is 5. The first kappa shape index (κ1) is 26.1. The summed E-state index contributed by atoms with van der Waals surface area (Å²) in [7, 11) is 0. The Morgan fingerprint density at radius 3 is 2.21 bits per heavy atom. The van der Waals surface area contributed by atoms with Crippen LogP contribution in [-0.4, -0.2) is 32.0 Å². The van der Waals surface area contributed by atoms with Crippen LogP contribution in [0, 0.1) is 5.82 Å². The number of nitrogens with zero attached hydrogens (tertiary/aromatic N) is 1. The Balaban J connectivity index is 1.39. The van der Waals surface area contributed by atoms with E-state index in [-0.39, 0.29) is 34.4 Å². The van der Waals surface area contributed by atoms with Crippen molar-refractivity contribution in [2.24, 2.45) is 0 Å². The molecule has 6 heteroatoms. The van der Waals surface area contributed by atoms with E-state index in [4.69, 9.17) is 0 Å². The highest BCUT2D eigenvalue weighted by molar-refractivity contribution is 8.00. The highest BCUT2D eigenvalue weighted by atomic mass is 32.2. The second-order valence-electron chi connectivity index (χ2n) is 9.73. The predicted molar refractivity (Wildman–Crippen MR) is 150 cm³/mol. The molecule has 194 valence electrons. The first-order valence-corrected chi connectivity index (χ1v) is 13.9. The third-order valence-electron chi connectivity index (χ3n) is 7.32. The van der Waals surface area contributed by atoms with E-state index >= 15 is 0 Å². The zero-order chi connectivity index (χ0) is 26.6. The maximum Gasteiger partial charge on any atom is 0.147 e. The van der Waals surface area contributed by atoms with Gasteiger partial charge in [-0.2, -0.15) is 0 Å². The molecule has 3 aromatic carbocycles. The minimum Gasteiger partial charge on any atom is -0.508 e. The topological polar surface area (TPSA) is 70.4 Å². The molecule has 0 amide bonds. The van der Waals surface area contributed by atoms with Gasteiger partial charge in [0.25, 0.3) is 0 Å². The lowest BCUT2D eigenvalue weighted by molar-refractivity contribution is -0.117. The number of carbonyl (C=O) groups is 1. The number of aliphatic hydroxyl groups is 1. The molecule has 1 saturated carbocycles. The van der Waals surface area contributed by atoms with Crippen molar-refractivity contribution < 1.29 is 19.4 Å². The number of phenolic OH excluding ortho intramolecular Hbond substituents is 1. The summed E-state index contributed by atoms with van der Waals surface area (Å²) >= 11 is 1.44. The number of aromatic nitrogens is 1. The molecule has 0 bridgehead atoms. The maximum atomic E-state index is 13.3. The number of benzene rings is 3. The Kier molecular flexibility index (Phi) is 7.91. The predicted octanol–water partition coefficient (Wildman–Crippen LogP) is 6.83. The van der Waals surface area contributed by atoms with Crippen LogP contribution in [0.3, 0.4) is 0 Å². The van der Waals surface area contributed by atoms with E-state index < -0.39 is 6.10 Å². The summed E-state index contributed by atoms with van der Waals surface area (Å²) in [5.41, 5.74) is 5.87. The van der Waals surface area contributed by atoms with Gasteiger partial charge in [-0.3, -0.25) is 9.78 Å². The van der Waals surface area contributed by atoms with Gasteiger partial charge in [0.15, 0.2) is 0 Å². The number of rotatable bonds is 8. The van der Waals surface area contributed by atoms with Gasteiger partial charge in [0.05, 0.1) is 11.4 Å². The fourth-order valence-electron chi connectivity index (χ4n) is 5.20. The minimum absolute atomic E-state index is 0.0258. The number of carbonyl (C=O) groups excluding carboxylic acids is 1. The Hall–Kier alpha value is -3.48. The molecule has 0 aliphatic heterocycles. The summed E-state index contributed by atoms with van der Waals surface area (Å²) in [4.78, 5) is 17.8. The van der Waals surface area contributed by atoms with Crippen LogP contribution in [0.4, 0.5) is 4.39 Å². The van der Waals surface area contributed by atoms with Crippen LogP contribution in [0.1, 0.15) is 53.7 Å². The molecule has 0 saturated heterocycles. The fraction of sp³-hybridized carbons (Fsp3) is 0.250. The van der Waals surface area contributed by atoms with Crippen molar-refractivity contribution >= 4 is 17.5 Å². The average molecular weight is 528 g/mol. The number of Topliss-reactive ketones (excluding diaryl/α,β-unsaturated/α-hetero) is 1. The van der Waals surface area contributed by atoms with Crippen LogP contribution in [0.2, 0.25) is 0 Å². The first-order valence-electron chi connectivity index (χ1n) is 12.8. The highest BCUT2D eigenvalue weighted by Gasteiger charge is 2.44. The van der Waals surface area contributed by atoms with Crippen molar-refractivity contribution in [3.63, 3.8) is 0 Å². The summed E-state index contributed by atoms with van der Waals surface area (Å²) in [6.07, 6.45) is 2.39. The SMILES string of the molecule is CCc1ccc(-c2ccc(C3CC(=O)[C@H](SC[C@H](O)c4ccc(F)cc4)[C@H]3c3ccc(O)cc3)cc2)cn1. The van der Waals surface area contributed by atoms with Gasteiger partial charge >= 0.3 is 0 Å². The molecule has 0 radical (unpaired) electrons. The van der Waals surface area contributed by atoms with E-state index in [0.717, 1.165) is 34.4 Å². The van der Waals surface area contributed by atoms with E-state index in [0.29, 0.717) is 17.7 Å². The van der Waals surface area contributed by atoms with E-state index in [2.05, 4.69) is 42.2 Å². The summed E-state index contributed by atoms with van der Waals surface area (Å²) in [6, 6.07) is 25.3. The molecule has 4 aromatic rings. The van der Waals surface area contributed by atoms with Gasteiger partial charge in [0.1, 0.15) is 17.3 Å². The summed E-state index contributed by atoms with van der Waals surface area (Å²) in [5.74, 6) is 0.163. The number of halogens is 1. The summed E-state index contributed by atoms with van der Waals surface area (Å²) in [5, 5.41) is 20.2. The molecule has 1 aliphatic rings. The number of ketones is 1. The van der Waals surface area contributed by atoms with Gasteiger partial charge in [0.2, 0.25) is 0 Å². The molecule has 1 aromatic heterocycles. The van der Waals surface area contributed by atoms with Gasteiger partial charge in [-0.15, -0.1) is 11.8 Å². The molecule has 5 rings (SSSR count). The lowest BCUT2D eigenvalue weighted by Gasteiger charge is -2.25. The molecule has 0 spiro atoms. The second-order valence-corrected chi connectivity index (χ2v) is 10.9. The third kappa shape index (κ3) is 5.66. The third-order valence-corrected chi connectivity index (χ3v) is 8.75. The number of aryl methyl sites for hydroxylation is 1. The quantitative estimate of drug-likeness (QED) is 0.263. The van der Waals surface area contributed by atoms with E-state index in [9.17, 15) is 19.4 Å². The maximum absolute atomic E-state index is 13.3. The zero-order valence-corrected chi connectivity index (χ0v) is 21.9. The van der Waals surface area contributed by atoms with Gasteiger partial charge in [-0.05, 0) is 64.9 Å². The van der Waals surface area contributed by atoms with Gasteiger partial charge in [-0.25, -0.2) is 4.39 Å². The monoisotopic (exact) mass is 527 g/mol. The van der Waals surface area contributed by atoms with Crippen molar-refractivity contribution in [3.8, 4) is 16.9 Å².